The smallest absolute Gasteiger partial charge is 0.282 e. The predicted octanol–water partition coefficient (Wildman–Crippen LogP) is 4.55. The first-order valence-corrected chi connectivity index (χ1v) is 13.1. The molecule has 0 saturated carbocycles. The molecule has 1 atom stereocenters. The molecule has 0 aliphatic rings. The van der Waals surface area contributed by atoms with Crippen LogP contribution in [0.4, 0.5) is 5.82 Å². The molecular weight excluding hydrogens is 518 g/mol. The van der Waals surface area contributed by atoms with Crippen LogP contribution in [-0.2, 0) is 6.54 Å². The summed E-state index contributed by atoms with van der Waals surface area (Å²) < 4.78 is 5.01. The molecule has 5 heterocycles. The van der Waals surface area contributed by atoms with Gasteiger partial charge in [0.2, 0.25) is 0 Å². The number of hydrogen-bond acceptors (Lipinski definition) is 7. The monoisotopic (exact) mass is 543 g/mol. The number of phenolic OH excluding ortho intramolecular Hbond substituents is 1. The zero-order chi connectivity index (χ0) is 27.9. The first-order valence-electron chi connectivity index (χ1n) is 13.1. The molecule has 7 rings (SSSR count). The predicted molar refractivity (Wildman–Crippen MR) is 155 cm³/mol. The van der Waals surface area contributed by atoms with Crippen LogP contribution in [0.3, 0.4) is 0 Å². The van der Waals surface area contributed by atoms with E-state index in [0.717, 1.165) is 27.9 Å². The number of fused-ring (bicyclic) bond motifs is 2. The van der Waals surface area contributed by atoms with Gasteiger partial charge in [-0.15, -0.1) is 0 Å². The normalized spacial score (nSPS) is 12.2. The minimum absolute atomic E-state index is 0.162. The van der Waals surface area contributed by atoms with Gasteiger partial charge < -0.3 is 15.4 Å². The van der Waals surface area contributed by atoms with Crippen molar-refractivity contribution in [3.63, 3.8) is 0 Å². The highest BCUT2D eigenvalue weighted by atomic mass is 16.3. The summed E-state index contributed by atoms with van der Waals surface area (Å²) in [6.45, 7) is 2.37. The third kappa shape index (κ3) is 4.29. The Hall–Kier alpha value is -5.71. The van der Waals surface area contributed by atoms with E-state index in [-0.39, 0.29) is 11.3 Å². The Balaban J connectivity index is 1.27. The molecule has 5 aromatic heterocycles. The third-order valence-corrected chi connectivity index (χ3v) is 7.06. The summed E-state index contributed by atoms with van der Waals surface area (Å²) in [7, 11) is 0. The van der Waals surface area contributed by atoms with E-state index >= 15 is 0 Å². The molecule has 0 radical (unpaired) electrons. The Morgan fingerprint density at radius 3 is 2.63 bits per heavy atom. The highest BCUT2D eigenvalue weighted by Gasteiger charge is 2.21. The lowest BCUT2D eigenvalue weighted by atomic mass is 10.1. The fourth-order valence-corrected chi connectivity index (χ4v) is 5.07. The van der Waals surface area contributed by atoms with Crippen molar-refractivity contribution in [3.8, 4) is 22.7 Å². The molecule has 0 spiro atoms. The van der Waals surface area contributed by atoms with Gasteiger partial charge in [-0.05, 0) is 43.3 Å². The summed E-state index contributed by atoms with van der Waals surface area (Å²) in [5.41, 5.74) is 4.02. The van der Waals surface area contributed by atoms with Crippen molar-refractivity contribution in [2.45, 2.75) is 19.5 Å². The number of aromatic nitrogens is 8. The molecule has 41 heavy (non-hydrogen) atoms. The standard InChI is InChI=1S/C30H25N9O2/c1-19(29-36-38-14-7-11-24(38)30(41)39(29)21-9-3-2-4-10-21)34-28-26-22(16-31-27(26)32-18-33-28)23-13-15-37(35-23)17-20-8-5-6-12-25(20)40/h2-16,18-19,40H,17H2,1H3,(H2,31,32,33,34). The van der Waals surface area contributed by atoms with Crippen LogP contribution in [0.25, 0.3) is 33.5 Å². The molecule has 0 fully saturated rings. The zero-order valence-corrected chi connectivity index (χ0v) is 22.0. The van der Waals surface area contributed by atoms with Crippen molar-refractivity contribution in [2.24, 2.45) is 0 Å². The number of anilines is 1. The topological polar surface area (TPSA) is 131 Å². The zero-order valence-electron chi connectivity index (χ0n) is 22.0. The van der Waals surface area contributed by atoms with E-state index in [1.165, 1.54) is 6.33 Å². The van der Waals surface area contributed by atoms with Gasteiger partial charge in [-0.25, -0.2) is 14.5 Å². The molecule has 2 aromatic carbocycles. The summed E-state index contributed by atoms with van der Waals surface area (Å²) in [6, 6.07) is 21.7. The molecule has 11 nitrogen and oxygen atoms in total. The number of hydrogen-bond donors (Lipinski definition) is 3. The Bertz CT molecular complexity index is 2070. The molecule has 0 aliphatic carbocycles. The number of aromatic amines is 1. The van der Waals surface area contributed by atoms with Gasteiger partial charge in [0, 0.05) is 29.7 Å². The second-order valence-electron chi connectivity index (χ2n) is 9.71. The van der Waals surface area contributed by atoms with Crippen LogP contribution in [0.2, 0.25) is 0 Å². The van der Waals surface area contributed by atoms with Gasteiger partial charge in [0.1, 0.15) is 29.1 Å². The number of nitrogens with one attached hydrogen (secondary N) is 2. The van der Waals surface area contributed by atoms with E-state index in [1.807, 2.05) is 67.8 Å². The van der Waals surface area contributed by atoms with Crippen LogP contribution in [0, 0.1) is 0 Å². The maximum Gasteiger partial charge on any atom is 0.282 e. The number of para-hydroxylation sites is 2. The Morgan fingerprint density at radius 1 is 0.951 bits per heavy atom. The average molecular weight is 544 g/mol. The maximum absolute atomic E-state index is 13.5. The molecule has 3 N–H and O–H groups in total. The first-order chi connectivity index (χ1) is 20.1. The number of aromatic hydroxyl groups is 1. The second kappa shape index (κ2) is 9.79. The fraction of sp³-hybridized carbons (Fsp3) is 0.100. The summed E-state index contributed by atoms with van der Waals surface area (Å²) >= 11 is 0. The van der Waals surface area contributed by atoms with Crippen LogP contribution in [0.1, 0.15) is 24.4 Å². The molecule has 0 bridgehead atoms. The average Bonchev–Trinajstić information content (AvgIpc) is 3.75. The minimum atomic E-state index is -0.408. The number of nitrogens with zero attached hydrogens (tertiary/aromatic N) is 7. The van der Waals surface area contributed by atoms with Gasteiger partial charge in [0.05, 0.1) is 29.4 Å². The molecule has 0 amide bonds. The van der Waals surface area contributed by atoms with Gasteiger partial charge in [-0.2, -0.15) is 10.2 Å². The SMILES string of the molecule is CC(Nc1ncnc2[nH]cc(-c3ccn(Cc4ccccc4O)n3)c12)c1nn2cccc2c(=O)n1-c1ccccc1. The maximum atomic E-state index is 13.5. The van der Waals surface area contributed by atoms with E-state index in [2.05, 4.69) is 20.3 Å². The van der Waals surface area contributed by atoms with E-state index in [4.69, 9.17) is 10.2 Å². The van der Waals surface area contributed by atoms with Crippen LogP contribution >= 0.6 is 0 Å². The fourth-order valence-electron chi connectivity index (χ4n) is 5.07. The quantitative estimate of drug-likeness (QED) is 0.269. The molecule has 7 aromatic rings. The van der Waals surface area contributed by atoms with Gasteiger partial charge in [0.25, 0.3) is 5.56 Å². The van der Waals surface area contributed by atoms with Gasteiger partial charge in [-0.3, -0.25) is 14.0 Å². The first kappa shape index (κ1) is 24.3. The van der Waals surface area contributed by atoms with E-state index in [9.17, 15) is 9.90 Å². The van der Waals surface area contributed by atoms with Crippen molar-refractivity contribution in [1.29, 1.82) is 0 Å². The van der Waals surface area contributed by atoms with Crippen LogP contribution in [0.5, 0.6) is 5.75 Å². The van der Waals surface area contributed by atoms with Crippen LogP contribution in [0.15, 0.2) is 103 Å². The summed E-state index contributed by atoms with van der Waals surface area (Å²) in [6.07, 6.45) is 6.98. The number of H-pyrrole nitrogens is 1. The Labute approximate surface area is 233 Å². The minimum Gasteiger partial charge on any atom is -0.508 e. The molecule has 202 valence electrons. The number of phenols is 1. The summed E-state index contributed by atoms with van der Waals surface area (Å²) in [4.78, 5) is 25.8. The molecule has 0 aliphatic heterocycles. The lowest BCUT2D eigenvalue weighted by Crippen LogP contribution is -2.29. The molecule has 1 unspecified atom stereocenters. The van der Waals surface area contributed by atoms with Gasteiger partial charge >= 0.3 is 0 Å². The summed E-state index contributed by atoms with van der Waals surface area (Å²) in [5.74, 6) is 1.34. The highest BCUT2D eigenvalue weighted by Crippen LogP contribution is 2.33. The van der Waals surface area contributed by atoms with Crippen LogP contribution in [-0.4, -0.2) is 44.0 Å². The van der Waals surface area contributed by atoms with Crippen molar-refractivity contribution >= 4 is 22.4 Å². The van der Waals surface area contributed by atoms with Crippen molar-refractivity contribution in [1.82, 2.24) is 38.9 Å². The lowest BCUT2D eigenvalue weighted by molar-refractivity contribution is 0.464. The van der Waals surface area contributed by atoms with Gasteiger partial charge in [0.15, 0.2) is 5.82 Å². The molecular formula is C30H25N9O2. The van der Waals surface area contributed by atoms with Crippen molar-refractivity contribution in [2.75, 3.05) is 5.32 Å². The molecule has 0 saturated heterocycles. The van der Waals surface area contributed by atoms with E-state index in [0.29, 0.717) is 29.4 Å². The molecule has 11 heteroatoms. The largest absolute Gasteiger partial charge is 0.508 e. The van der Waals surface area contributed by atoms with E-state index < -0.39 is 6.04 Å². The second-order valence-corrected chi connectivity index (χ2v) is 9.71. The number of benzene rings is 2. The van der Waals surface area contributed by atoms with E-state index in [1.54, 1.807) is 44.2 Å². The Morgan fingerprint density at radius 2 is 1.78 bits per heavy atom. The van der Waals surface area contributed by atoms with Crippen molar-refractivity contribution in [3.05, 3.63) is 119 Å². The summed E-state index contributed by atoms with van der Waals surface area (Å²) in [5, 5.41) is 24.0. The Kier molecular flexibility index (Phi) is 5.81. The van der Waals surface area contributed by atoms with Gasteiger partial charge in [-0.1, -0.05) is 36.4 Å². The highest BCUT2D eigenvalue weighted by molar-refractivity contribution is 6.00. The lowest BCUT2D eigenvalue weighted by Gasteiger charge is -2.20. The number of rotatable bonds is 7. The van der Waals surface area contributed by atoms with Crippen LogP contribution < -0.4 is 10.9 Å². The third-order valence-electron chi connectivity index (χ3n) is 7.06. The van der Waals surface area contributed by atoms with Crippen molar-refractivity contribution < 1.29 is 5.11 Å².